The first kappa shape index (κ1) is 16.0. The SMILES string of the molecule is CSc1ccc(C(=O)/C=C/c2cc(Cl)c3c(c2)OCCO3)cc1. The number of carbonyl (C=O) groups excluding carboxylic acids is 1. The highest BCUT2D eigenvalue weighted by Crippen LogP contribution is 2.38. The molecule has 5 heteroatoms. The van der Waals surface area contributed by atoms with E-state index in [0.29, 0.717) is 35.3 Å². The third-order valence-electron chi connectivity index (χ3n) is 3.42. The molecule has 0 unspecified atom stereocenters. The second kappa shape index (κ2) is 7.11. The summed E-state index contributed by atoms with van der Waals surface area (Å²) in [5.41, 5.74) is 1.45. The van der Waals surface area contributed by atoms with Gasteiger partial charge in [0.05, 0.1) is 5.02 Å². The highest BCUT2D eigenvalue weighted by Gasteiger charge is 2.16. The molecule has 1 aliphatic heterocycles. The van der Waals surface area contributed by atoms with Crippen LogP contribution in [0.15, 0.2) is 47.4 Å². The minimum Gasteiger partial charge on any atom is -0.486 e. The van der Waals surface area contributed by atoms with Gasteiger partial charge in [0.2, 0.25) is 0 Å². The topological polar surface area (TPSA) is 35.5 Å². The Bertz CT molecular complexity index is 754. The molecule has 1 heterocycles. The van der Waals surface area contributed by atoms with Crippen molar-refractivity contribution in [3.05, 3.63) is 58.6 Å². The molecule has 2 aromatic rings. The Morgan fingerprint density at radius 1 is 1.17 bits per heavy atom. The van der Waals surface area contributed by atoms with E-state index in [9.17, 15) is 4.79 Å². The zero-order chi connectivity index (χ0) is 16.2. The molecule has 0 bridgehead atoms. The Kier molecular flexibility index (Phi) is 4.94. The van der Waals surface area contributed by atoms with Gasteiger partial charge in [-0.1, -0.05) is 17.7 Å². The minimum absolute atomic E-state index is 0.0522. The van der Waals surface area contributed by atoms with Crippen LogP contribution in [-0.2, 0) is 0 Å². The number of halogens is 1. The summed E-state index contributed by atoms with van der Waals surface area (Å²) >= 11 is 7.83. The number of rotatable bonds is 4. The monoisotopic (exact) mass is 346 g/mol. The van der Waals surface area contributed by atoms with Gasteiger partial charge in [-0.2, -0.15) is 0 Å². The van der Waals surface area contributed by atoms with Crippen molar-refractivity contribution in [1.82, 2.24) is 0 Å². The quantitative estimate of drug-likeness (QED) is 0.455. The molecule has 0 N–H and O–H groups in total. The fourth-order valence-corrected chi connectivity index (χ4v) is 2.93. The van der Waals surface area contributed by atoms with Crippen LogP contribution in [0.3, 0.4) is 0 Å². The van der Waals surface area contributed by atoms with Crippen LogP contribution in [0, 0.1) is 0 Å². The first-order valence-corrected chi connectivity index (χ1v) is 8.73. The molecule has 0 aliphatic carbocycles. The lowest BCUT2D eigenvalue weighted by Gasteiger charge is -2.19. The van der Waals surface area contributed by atoms with Gasteiger partial charge in [-0.15, -0.1) is 11.8 Å². The molecule has 3 rings (SSSR count). The summed E-state index contributed by atoms with van der Waals surface area (Å²) < 4.78 is 11.0. The lowest BCUT2D eigenvalue weighted by molar-refractivity contribution is 0.104. The second-order valence-electron chi connectivity index (χ2n) is 4.95. The van der Waals surface area contributed by atoms with Gasteiger partial charge in [-0.25, -0.2) is 0 Å². The smallest absolute Gasteiger partial charge is 0.185 e. The highest BCUT2D eigenvalue weighted by atomic mass is 35.5. The molecule has 23 heavy (non-hydrogen) atoms. The van der Waals surface area contributed by atoms with E-state index in [-0.39, 0.29) is 5.78 Å². The molecule has 0 spiro atoms. The lowest BCUT2D eigenvalue weighted by atomic mass is 10.1. The van der Waals surface area contributed by atoms with Crippen LogP contribution in [0.25, 0.3) is 6.08 Å². The molecule has 0 atom stereocenters. The van der Waals surface area contributed by atoms with Gasteiger partial charge in [-0.05, 0) is 54.3 Å². The van der Waals surface area contributed by atoms with E-state index in [2.05, 4.69) is 0 Å². The lowest BCUT2D eigenvalue weighted by Crippen LogP contribution is -2.15. The number of ketones is 1. The van der Waals surface area contributed by atoms with Crippen molar-refractivity contribution >= 4 is 35.2 Å². The Balaban J connectivity index is 1.79. The van der Waals surface area contributed by atoms with E-state index in [1.807, 2.05) is 36.6 Å². The fraction of sp³-hybridized carbons (Fsp3) is 0.167. The predicted octanol–water partition coefficient (Wildman–Crippen LogP) is 4.73. The van der Waals surface area contributed by atoms with Crippen molar-refractivity contribution in [3.8, 4) is 11.5 Å². The zero-order valence-corrected chi connectivity index (χ0v) is 14.1. The summed E-state index contributed by atoms with van der Waals surface area (Å²) in [5.74, 6) is 1.12. The van der Waals surface area contributed by atoms with Crippen molar-refractivity contribution < 1.29 is 14.3 Å². The maximum Gasteiger partial charge on any atom is 0.185 e. The summed E-state index contributed by atoms with van der Waals surface area (Å²) in [5, 5.41) is 0.485. The Morgan fingerprint density at radius 2 is 1.91 bits per heavy atom. The summed E-state index contributed by atoms with van der Waals surface area (Å²) in [4.78, 5) is 13.3. The molecule has 1 aliphatic rings. The van der Waals surface area contributed by atoms with E-state index < -0.39 is 0 Å². The molecule has 0 saturated heterocycles. The molecule has 3 nitrogen and oxygen atoms in total. The van der Waals surface area contributed by atoms with Gasteiger partial charge >= 0.3 is 0 Å². The number of fused-ring (bicyclic) bond motifs is 1. The van der Waals surface area contributed by atoms with Gasteiger partial charge in [0.15, 0.2) is 17.3 Å². The molecule has 0 saturated carbocycles. The molecular weight excluding hydrogens is 332 g/mol. The van der Waals surface area contributed by atoms with Crippen molar-refractivity contribution in [1.29, 1.82) is 0 Å². The van der Waals surface area contributed by atoms with Crippen LogP contribution in [-0.4, -0.2) is 25.3 Å². The highest BCUT2D eigenvalue weighted by molar-refractivity contribution is 7.98. The van der Waals surface area contributed by atoms with Crippen molar-refractivity contribution in [2.45, 2.75) is 4.90 Å². The Labute approximate surface area is 144 Å². The van der Waals surface area contributed by atoms with E-state index >= 15 is 0 Å². The maximum atomic E-state index is 12.2. The van der Waals surface area contributed by atoms with Crippen LogP contribution >= 0.6 is 23.4 Å². The molecular formula is C18H15ClO3S. The molecule has 118 valence electrons. The van der Waals surface area contributed by atoms with E-state index in [4.69, 9.17) is 21.1 Å². The van der Waals surface area contributed by atoms with Crippen LogP contribution in [0.5, 0.6) is 11.5 Å². The van der Waals surface area contributed by atoms with Crippen molar-refractivity contribution in [3.63, 3.8) is 0 Å². The fourth-order valence-electron chi connectivity index (χ4n) is 2.25. The summed E-state index contributed by atoms with van der Waals surface area (Å²) in [6, 6.07) is 11.1. The number of hydrogen-bond donors (Lipinski definition) is 0. The van der Waals surface area contributed by atoms with Crippen LogP contribution in [0.1, 0.15) is 15.9 Å². The third kappa shape index (κ3) is 3.71. The first-order chi connectivity index (χ1) is 11.2. The largest absolute Gasteiger partial charge is 0.486 e. The van der Waals surface area contributed by atoms with Crippen LogP contribution < -0.4 is 9.47 Å². The standard InChI is InChI=1S/C18H15ClO3S/c1-23-14-5-3-13(4-6-14)16(20)7-2-12-10-15(19)18-17(11-12)21-8-9-22-18/h2-7,10-11H,8-9H2,1H3/b7-2+. The maximum absolute atomic E-state index is 12.2. The number of benzene rings is 2. The number of ether oxygens (including phenoxy) is 2. The summed E-state index contributed by atoms with van der Waals surface area (Å²) in [6.45, 7) is 0.990. The number of carbonyl (C=O) groups is 1. The molecule has 0 radical (unpaired) electrons. The Morgan fingerprint density at radius 3 is 2.65 bits per heavy atom. The number of thioether (sulfide) groups is 1. The first-order valence-electron chi connectivity index (χ1n) is 7.13. The zero-order valence-electron chi connectivity index (χ0n) is 12.5. The number of allylic oxidation sites excluding steroid dienone is 1. The van der Waals surface area contributed by atoms with Crippen LogP contribution in [0.4, 0.5) is 0 Å². The molecule has 2 aromatic carbocycles. The van der Waals surface area contributed by atoms with E-state index in [0.717, 1.165) is 10.5 Å². The van der Waals surface area contributed by atoms with Crippen molar-refractivity contribution in [2.75, 3.05) is 19.5 Å². The number of hydrogen-bond acceptors (Lipinski definition) is 4. The average molecular weight is 347 g/mol. The second-order valence-corrected chi connectivity index (χ2v) is 6.24. The summed E-state index contributed by atoms with van der Waals surface area (Å²) in [7, 11) is 0. The third-order valence-corrected chi connectivity index (χ3v) is 4.45. The van der Waals surface area contributed by atoms with Gasteiger partial charge in [0, 0.05) is 10.5 Å². The van der Waals surface area contributed by atoms with E-state index in [1.54, 1.807) is 23.9 Å². The van der Waals surface area contributed by atoms with E-state index in [1.165, 1.54) is 6.08 Å². The summed E-state index contributed by atoms with van der Waals surface area (Å²) in [6.07, 6.45) is 5.27. The van der Waals surface area contributed by atoms with Gasteiger partial charge < -0.3 is 9.47 Å². The minimum atomic E-state index is -0.0522. The van der Waals surface area contributed by atoms with Gasteiger partial charge in [-0.3, -0.25) is 4.79 Å². The van der Waals surface area contributed by atoms with Crippen molar-refractivity contribution in [2.24, 2.45) is 0 Å². The molecule has 0 amide bonds. The normalized spacial score (nSPS) is 13.3. The molecule has 0 fully saturated rings. The van der Waals surface area contributed by atoms with Crippen LogP contribution in [0.2, 0.25) is 5.02 Å². The molecule has 0 aromatic heterocycles. The Hall–Kier alpha value is -1.91. The average Bonchev–Trinajstić information content (AvgIpc) is 2.60. The predicted molar refractivity (Wildman–Crippen MR) is 94.0 cm³/mol. The van der Waals surface area contributed by atoms with Gasteiger partial charge in [0.1, 0.15) is 13.2 Å². The van der Waals surface area contributed by atoms with Gasteiger partial charge in [0.25, 0.3) is 0 Å².